The molecule has 1 N–H and O–H groups in total. The summed E-state index contributed by atoms with van der Waals surface area (Å²) in [5, 5.41) is 12.3. The summed E-state index contributed by atoms with van der Waals surface area (Å²) in [7, 11) is 0. The predicted octanol–water partition coefficient (Wildman–Crippen LogP) is 3.76. The molecule has 5 fully saturated rings. The van der Waals surface area contributed by atoms with Gasteiger partial charge in [0.25, 0.3) is 5.91 Å². The maximum absolute atomic E-state index is 14.5. The summed E-state index contributed by atoms with van der Waals surface area (Å²) in [5.74, 6) is 3.03. The molecule has 1 aromatic carbocycles. The van der Waals surface area contributed by atoms with Crippen LogP contribution in [0.25, 0.3) is 0 Å². The molecular formula is C27H31FN6O. The van der Waals surface area contributed by atoms with Gasteiger partial charge in [-0.3, -0.25) is 4.79 Å². The third-order valence-corrected chi connectivity index (χ3v) is 8.70. The largest absolute Gasteiger partial charge is 0.365 e. The average molecular weight is 475 g/mol. The molecule has 4 saturated carbocycles. The van der Waals surface area contributed by atoms with Crippen molar-refractivity contribution in [1.29, 1.82) is 5.26 Å². The number of anilines is 2. The highest BCUT2D eigenvalue weighted by Crippen LogP contribution is 2.53. The molecule has 2 heterocycles. The Hall–Kier alpha value is -3.21. The van der Waals surface area contributed by atoms with Crippen LogP contribution in [-0.2, 0) is 0 Å². The zero-order valence-corrected chi connectivity index (χ0v) is 20.0. The summed E-state index contributed by atoms with van der Waals surface area (Å²) >= 11 is 0. The number of amides is 1. The number of hydrogen-bond donors (Lipinski definition) is 1. The predicted molar refractivity (Wildman–Crippen MR) is 130 cm³/mol. The summed E-state index contributed by atoms with van der Waals surface area (Å²) in [6.45, 7) is 3.86. The molecule has 0 radical (unpaired) electrons. The number of hydrogen-bond acceptors (Lipinski definition) is 6. The van der Waals surface area contributed by atoms with Gasteiger partial charge >= 0.3 is 0 Å². The van der Waals surface area contributed by atoms with Crippen LogP contribution in [0.5, 0.6) is 0 Å². The molecule has 7 rings (SSSR count). The monoisotopic (exact) mass is 474 g/mol. The van der Waals surface area contributed by atoms with Gasteiger partial charge in [-0.05, 0) is 87.0 Å². The second-order valence-electron chi connectivity index (χ2n) is 10.9. The quantitative estimate of drug-likeness (QED) is 0.726. The van der Waals surface area contributed by atoms with Gasteiger partial charge in [-0.2, -0.15) is 5.26 Å². The Morgan fingerprint density at radius 1 is 1.11 bits per heavy atom. The van der Waals surface area contributed by atoms with Crippen molar-refractivity contribution in [3.8, 4) is 6.07 Å². The van der Waals surface area contributed by atoms with Crippen LogP contribution in [0.3, 0.4) is 0 Å². The van der Waals surface area contributed by atoms with E-state index in [-0.39, 0.29) is 23.8 Å². The van der Waals surface area contributed by atoms with E-state index in [0.717, 1.165) is 11.8 Å². The summed E-state index contributed by atoms with van der Waals surface area (Å²) in [4.78, 5) is 26.4. The van der Waals surface area contributed by atoms with E-state index >= 15 is 0 Å². The number of nitrogens with one attached hydrogen (secondary N) is 1. The summed E-state index contributed by atoms with van der Waals surface area (Å²) < 4.78 is 14.5. The van der Waals surface area contributed by atoms with Crippen LogP contribution >= 0.6 is 0 Å². The molecule has 1 saturated heterocycles. The van der Waals surface area contributed by atoms with Gasteiger partial charge in [0.2, 0.25) is 5.95 Å². The van der Waals surface area contributed by atoms with Gasteiger partial charge in [-0.1, -0.05) is 0 Å². The fourth-order valence-electron chi connectivity index (χ4n) is 7.31. The molecule has 35 heavy (non-hydrogen) atoms. The van der Waals surface area contributed by atoms with Crippen LogP contribution in [0.4, 0.5) is 16.0 Å². The molecule has 182 valence electrons. The Kier molecular flexibility index (Phi) is 5.58. The fourth-order valence-corrected chi connectivity index (χ4v) is 7.31. The minimum Gasteiger partial charge on any atom is -0.365 e. The van der Waals surface area contributed by atoms with Crippen molar-refractivity contribution in [2.75, 3.05) is 29.4 Å². The first kappa shape index (κ1) is 22.3. The molecule has 4 bridgehead atoms. The zero-order chi connectivity index (χ0) is 24.1. The minimum absolute atomic E-state index is 0.0292. The molecule has 7 nitrogen and oxygen atoms in total. The Morgan fingerprint density at radius 2 is 1.86 bits per heavy atom. The number of aromatic nitrogens is 2. The smallest absolute Gasteiger partial charge is 0.270 e. The van der Waals surface area contributed by atoms with Crippen LogP contribution in [0.1, 0.15) is 55.1 Å². The molecule has 2 aromatic rings. The van der Waals surface area contributed by atoms with Gasteiger partial charge in [0.05, 0.1) is 17.3 Å². The number of nitriles is 1. The summed E-state index contributed by atoms with van der Waals surface area (Å²) in [5.41, 5.74) is 1.23. The maximum atomic E-state index is 14.5. The normalized spacial score (nSPS) is 31.3. The zero-order valence-electron chi connectivity index (χ0n) is 20.0. The van der Waals surface area contributed by atoms with Gasteiger partial charge in [-0.15, -0.1) is 0 Å². The highest BCUT2D eigenvalue weighted by molar-refractivity contribution is 5.92. The lowest BCUT2D eigenvalue weighted by molar-refractivity contribution is -0.0120. The molecular weight excluding hydrogens is 443 g/mol. The van der Waals surface area contributed by atoms with Gasteiger partial charge < -0.3 is 15.1 Å². The van der Waals surface area contributed by atoms with Crippen molar-refractivity contribution in [3.05, 3.63) is 47.5 Å². The standard InChI is InChI=1S/C27H31FN6O/c1-16-15-33(24-3-2-17(14-29)13-22(24)28)6-7-34(16)27-30-5-4-23(31-27)26(35)32-25-20-9-18-8-19(11-20)12-21(25)10-18/h2-5,13,16,18-21,25H,6-12,15H2,1H3,(H,32,35)/t16-,18?,19?,20?,21?,25?/m1/s1. The van der Waals surface area contributed by atoms with Crippen molar-refractivity contribution >= 4 is 17.5 Å². The lowest BCUT2D eigenvalue weighted by atomic mass is 9.54. The van der Waals surface area contributed by atoms with Crippen molar-refractivity contribution < 1.29 is 9.18 Å². The first-order chi connectivity index (χ1) is 17.0. The SMILES string of the molecule is C[C@@H]1CN(c2ccc(C#N)cc2F)CCN1c1nccc(C(=O)NC2C3CC4CC(C3)CC2C4)n1. The molecule has 5 aliphatic rings. The first-order valence-corrected chi connectivity index (χ1v) is 12.8. The molecule has 0 unspecified atom stereocenters. The number of rotatable bonds is 4. The number of halogens is 1. The van der Waals surface area contributed by atoms with Crippen LogP contribution in [0, 0.1) is 40.8 Å². The molecule has 1 amide bonds. The average Bonchev–Trinajstić information content (AvgIpc) is 2.85. The highest BCUT2D eigenvalue weighted by atomic mass is 19.1. The van der Waals surface area contributed by atoms with Crippen molar-refractivity contribution in [1.82, 2.24) is 15.3 Å². The van der Waals surface area contributed by atoms with E-state index in [1.807, 2.05) is 11.0 Å². The van der Waals surface area contributed by atoms with E-state index in [1.54, 1.807) is 24.4 Å². The van der Waals surface area contributed by atoms with Crippen molar-refractivity contribution in [2.24, 2.45) is 23.7 Å². The molecule has 4 aliphatic carbocycles. The van der Waals surface area contributed by atoms with Crippen molar-refractivity contribution in [2.45, 2.75) is 51.1 Å². The topological polar surface area (TPSA) is 85.2 Å². The van der Waals surface area contributed by atoms with E-state index in [2.05, 4.69) is 27.1 Å². The molecule has 1 aliphatic heterocycles. The van der Waals surface area contributed by atoms with E-state index in [0.29, 0.717) is 54.4 Å². The van der Waals surface area contributed by atoms with Crippen LogP contribution < -0.4 is 15.1 Å². The first-order valence-electron chi connectivity index (χ1n) is 12.8. The number of benzene rings is 1. The van der Waals surface area contributed by atoms with E-state index < -0.39 is 0 Å². The van der Waals surface area contributed by atoms with Gasteiger partial charge in [0, 0.05) is 37.9 Å². The Morgan fingerprint density at radius 3 is 2.51 bits per heavy atom. The Labute approximate surface area is 205 Å². The lowest BCUT2D eigenvalue weighted by Crippen LogP contribution is -2.56. The maximum Gasteiger partial charge on any atom is 0.270 e. The van der Waals surface area contributed by atoms with Gasteiger partial charge in [0.15, 0.2) is 0 Å². The molecule has 1 atom stereocenters. The summed E-state index contributed by atoms with van der Waals surface area (Å²) in [6, 6.07) is 8.57. The fraction of sp³-hybridized carbons (Fsp3) is 0.556. The van der Waals surface area contributed by atoms with E-state index in [9.17, 15) is 9.18 Å². The molecule has 8 heteroatoms. The highest BCUT2D eigenvalue weighted by Gasteiger charge is 2.48. The number of carbonyl (C=O) groups is 1. The van der Waals surface area contributed by atoms with Crippen molar-refractivity contribution in [3.63, 3.8) is 0 Å². The second kappa shape index (κ2) is 8.78. The lowest BCUT2D eigenvalue weighted by Gasteiger charge is -2.54. The van der Waals surface area contributed by atoms with E-state index in [4.69, 9.17) is 5.26 Å². The minimum atomic E-state index is -0.385. The molecule has 1 aromatic heterocycles. The number of piperazine rings is 1. The van der Waals surface area contributed by atoms with Gasteiger partial charge in [-0.25, -0.2) is 14.4 Å². The Bertz CT molecular complexity index is 1150. The third kappa shape index (κ3) is 4.11. The molecule has 0 spiro atoms. The van der Waals surface area contributed by atoms with E-state index in [1.165, 1.54) is 38.2 Å². The second-order valence-corrected chi connectivity index (χ2v) is 10.9. The number of carbonyl (C=O) groups excluding carboxylic acids is 1. The number of nitrogens with zero attached hydrogens (tertiary/aromatic N) is 5. The van der Waals surface area contributed by atoms with Crippen LogP contribution in [-0.4, -0.2) is 47.6 Å². The van der Waals surface area contributed by atoms with Crippen LogP contribution in [0.15, 0.2) is 30.5 Å². The van der Waals surface area contributed by atoms with Crippen LogP contribution in [0.2, 0.25) is 0 Å². The Balaban J connectivity index is 1.13. The van der Waals surface area contributed by atoms with Gasteiger partial charge in [0.1, 0.15) is 11.5 Å². The third-order valence-electron chi connectivity index (χ3n) is 8.70. The summed E-state index contributed by atoms with van der Waals surface area (Å²) in [6.07, 6.45) is 8.09.